The fourth-order valence-corrected chi connectivity index (χ4v) is 3.20. The number of carbonyl (C=O) groups excluding carboxylic acids is 1. The molecule has 2 rings (SSSR count). The van der Waals surface area contributed by atoms with Crippen molar-refractivity contribution in [2.24, 2.45) is 0 Å². The summed E-state index contributed by atoms with van der Waals surface area (Å²) in [5.74, 6) is -0.825. The first kappa shape index (κ1) is 12.8. The highest BCUT2D eigenvalue weighted by molar-refractivity contribution is 7.94. The summed E-state index contributed by atoms with van der Waals surface area (Å²) < 4.78 is 35.6. The Kier molecular flexibility index (Phi) is 3.21. The smallest absolute Gasteiger partial charge is 0.224 e. The number of anilines is 1. The summed E-state index contributed by atoms with van der Waals surface area (Å²) >= 11 is 0. The number of hydrogen-bond donors (Lipinski definition) is 0. The second-order valence-corrected chi connectivity index (χ2v) is 6.02. The van der Waals surface area contributed by atoms with Crippen LogP contribution in [-0.4, -0.2) is 26.1 Å². The van der Waals surface area contributed by atoms with E-state index < -0.39 is 21.7 Å². The van der Waals surface area contributed by atoms with Crippen LogP contribution in [0.2, 0.25) is 0 Å². The van der Waals surface area contributed by atoms with Gasteiger partial charge in [0, 0.05) is 18.0 Å². The van der Waals surface area contributed by atoms with E-state index in [-0.39, 0.29) is 11.7 Å². The molecule has 0 spiro atoms. The molecule has 0 bridgehead atoms. The predicted molar refractivity (Wildman–Crippen MR) is 66.3 cm³/mol. The maximum absolute atomic E-state index is 12.8. The fourth-order valence-electron chi connectivity index (χ4n) is 1.93. The van der Waals surface area contributed by atoms with Gasteiger partial charge in [-0.2, -0.15) is 0 Å². The van der Waals surface area contributed by atoms with E-state index in [1.54, 1.807) is 0 Å². The average molecular weight is 269 g/mol. The summed E-state index contributed by atoms with van der Waals surface area (Å²) in [5, 5.41) is 1.11. The lowest BCUT2D eigenvalue weighted by molar-refractivity contribution is -0.116. The van der Waals surface area contributed by atoms with E-state index in [0.717, 1.165) is 5.41 Å². The van der Waals surface area contributed by atoms with Gasteiger partial charge in [-0.25, -0.2) is 12.8 Å². The molecule has 0 N–H and O–H groups in total. The van der Waals surface area contributed by atoms with Crippen molar-refractivity contribution in [3.8, 4) is 0 Å². The normalized spacial score (nSPS) is 20.9. The first-order valence-electron chi connectivity index (χ1n) is 5.35. The van der Waals surface area contributed by atoms with Crippen molar-refractivity contribution in [2.75, 3.05) is 10.7 Å². The van der Waals surface area contributed by atoms with Crippen molar-refractivity contribution in [1.82, 2.24) is 0 Å². The highest BCUT2D eigenvalue weighted by atomic mass is 32.2. The molecule has 0 fully saturated rings. The van der Waals surface area contributed by atoms with Crippen molar-refractivity contribution in [3.05, 3.63) is 41.6 Å². The van der Waals surface area contributed by atoms with Crippen LogP contribution in [0.1, 0.15) is 6.92 Å². The second kappa shape index (κ2) is 4.53. The third kappa shape index (κ3) is 2.59. The van der Waals surface area contributed by atoms with E-state index in [1.807, 2.05) is 0 Å². The molecule has 0 aromatic heterocycles. The lowest BCUT2D eigenvalue weighted by atomic mass is 10.2. The predicted octanol–water partition coefficient (Wildman–Crippen LogP) is 1.49. The van der Waals surface area contributed by atoms with E-state index in [0.29, 0.717) is 5.69 Å². The molecule has 0 unspecified atom stereocenters. The average Bonchev–Trinajstić information content (AvgIpc) is 2.61. The molecule has 1 amide bonds. The van der Waals surface area contributed by atoms with Crippen LogP contribution in [0.15, 0.2) is 35.7 Å². The van der Waals surface area contributed by atoms with Crippen LogP contribution in [0, 0.1) is 5.82 Å². The largest absolute Gasteiger partial charge is 0.305 e. The number of halogens is 1. The van der Waals surface area contributed by atoms with Gasteiger partial charge < -0.3 is 4.90 Å². The van der Waals surface area contributed by atoms with Crippen LogP contribution in [0.3, 0.4) is 0 Å². The van der Waals surface area contributed by atoms with Crippen LogP contribution < -0.4 is 4.90 Å². The SMILES string of the molecule is CC(=O)N(c1ccc(F)cc1)[C@@H]1C=CS(=O)(=O)C1. The van der Waals surface area contributed by atoms with E-state index in [1.165, 1.54) is 42.2 Å². The minimum absolute atomic E-state index is 0.135. The number of rotatable bonds is 2. The number of amides is 1. The van der Waals surface area contributed by atoms with Crippen molar-refractivity contribution < 1.29 is 17.6 Å². The number of hydrogen-bond acceptors (Lipinski definition) is 3. The Balaban J connectivity index is 2.33. The molecular formula is C12H12FNO3S. The maximum Gasteiger partial charge on any atom is 0.224 e. The first-order valence-corrected chi connectivity index (χ1v) is 7.07. The lowest BCUT2D eigenvalue weighted by Gasteiger charge is -2.26. The Bertz CT molecular complexity index is 592. The van der Waals surface area contributed by atoms with Gasteiger partial charge in [-0.3, -0.25) is 4.79 Å². The van der Waals surface area contributed by atoms with Gasteiger partial charge in [0.1, 0.15) is 5.82 Å². The molecule has 1 aliphatic heterocycles. The molecule has 0 saturated heterocycles. The van der Waals surface area contributed by atoms with Crippen molar-refractivity contribution in [3.63, 3.8) is 0 Å². The molecule has 0 aliphatic carbocycles. The van der Waals surface area contributed by atoms with E-state index in [2.05, 4.69) is 0 Å². The quantitative estimate of drug-likeness (QED) is 0.817. The zero-order valence-corrected chi connectivity index (χ0v) is 10.5. The Morgan fingerprint density at radius 3 is 2.39 bits per heavy atom. The highest BCUT2D eigenvalue weighted by Crippen LogP contribution is 2.23. The number of sulfone groups is 1. The molecule has 1 aromatic carbocycles. The minimum atomic E-state index is -3.24. The number of carbonyl (C=O) groups is 1. The van der Waals surface area contributed by atoms with Crippen LogP contribution in [0.5, 0.6) is 0 Å². The van der Waals surface area contributed by atoms with Crippen molar-refractivity contribution >= 4 is 21.4 Å². The maximum atomic E-state index is 12.8. The van der Waals surface area contributed by atoms with Crippen molar-refractivity contribution in [1.29, 1.82) is 0 Å². The monoisotopic (exact) mass is 269 g/mol. The van der Waals surface area contributed by atoms with Gasteiger partial charge in [0.2, 0.25) is 5.91 Å². The molecule has 0 radical (unpaired) electrons. The third-order valence-electron chi connectivity index (χ3n) is 2.69. The fraction of sp³-hybridized carbons (Fsp3) is 0.250. The van der Waals surface area contributed by atoms with Crippen LogP contribution in [0.25, 0.3) is 0 Å². The number of nitrogens with zero attached hydrogens (tertiary/aromatic N) is 1. The Labute approximate surface area is 105 Å². The standard InChI is InChI=1S/C12H12FNO3S/c1-9(15)14(11-4-2-10(13)3-5-11)12-6-7-18(16,17)8-12/h2-7,12H,8H2,1H3/t12-/m1/s1. The van der Waals surface area contributed by atoms with Crippen molar-refractivity contribution in [2.45, 2.75) is 13.0 Å². The summed E-state index contributed by atoms with van der Waals surface area (Å²) in [5.41, 5.74) is 0.482. The molecule has 18 heavy (non-hydrogen) atoms. The molecule has 1 aliphatic rings. The zero-order chi connectivity index (χ0) is 13.3. The molecular weight excluding hydrogens is 257 g/mol. The van der Waals surface area contributed by atoms with Gasteiger partial charge >= 0.3 is 0 Å². The van der Waals surface area contributed by atoms with Gasteiger partial charge in [0.05, 0.1) is 11.8 Å². The zero-order valence-electron chi connectivity index (χ0n) is 9.71. The Hall–Kier alpha value is -1.69. The van der Waals surface area contributed by atoms with Crippen LogP contribution >= 0.6 is 0 Å². The summed E-state index contributed by atoms with van der Waals surface area (Å²) in [4.78, 5) is 13.0. The van der Waals surface area contributed by atoms with Gasteiger partial charge in [0.25, 0.3) is 0 Å². The molecule has 96 valence electrons. The third-order valence-corrected chi connectivity index (χ3v) is 4.06. The van der Waals surface area contributed by atoms with E-state index >= 15 is 0 Å². The molecule has 1 aromatic rings. The van der Waals surface area contributed by atoms with Gasteiger partial charge in [-0.15, -0.1) is 0 Å². The molecule has 4 nitrogen and oxygen atoms in total. The van der Waals surface area contributed by atoms with Gasteiger partial charge in [0.15, 0.2) is 9.84 Å². The summed E-state index contributed by atoms with van der Waals surface area (Å²) in [6.45, 7) is 1.35. The highest BCUT2D eigenvalue weighted by Gasteiger charge is 2.29. The Morgan fingerprint density at radius 1 is 1.33 bits per heavy atom. The summed E-state index contributed by atoms with van der Waals surface area (Å²) in [7, 11) is -3.24. The van der Waals surface area contributed by atoms with Crippen LogP contribution in [0.4, 0.5) is 10.1 Å². The molecule has 1 heterocycles. The van der Waals surface area contributed by atoms with E-state index in [4.69, 9.17) is 0 Å². The molecule has 0 saturated carbocycles. The van der Waals surface area contributed by atoms with Gasteiger partial charge in [-0.1, -0.05) is 0 Å². The number of benzene rings is 1. The lowest BCUT2D eigenvalue weighted by Crippen LogP contribution is -2.39. The summed E-state index contributed by atoms with van der Waals surface area (Å²) in [6, 6.07) is 4.85. The summed E-state index contributed by atoms with van der Waals surface area (Å²) in [6.07, 6.45) is 1.47. The van der Waals surface area contributed by atoms with Gasteiger partial charge in [-0.05, 0) is 30.3 Å². The van der Waals surface area contributed by atoms with E-state index in [9.17, 15) is 17.6 Å². The Morgan fingerprint density at radius 2 is 1.94 bits per heavy atom. The minimum Gasteiger partial charge on any atom is -0.305 e. The van der Waals surface area contributed by atoms with Crippen LogP contribution in [-0.2, 0) is 14.6 Å². The molecule has 1 atom stereocenters. The topological polar surface area (TPSA) is 54.5 Å². The second-order valence-electron chi connectivity index (χ2n) is 4.09. The molecule has 6 heteroatoms. The first-order chi connectivity index (χ1) is 8.39.